The molecular formula is C17H22N2O5S. The maximum absolute atomic E-state index is 12.1. The molecule has 25 heavy (non-hydrogen) atoms. The minimum absolute atomic E-state index is 0.0941. The van der Waals surface area contributed by atoms with Crippen LogP contribution in [0.25, 0.3) is 0 Å². The molecule has 0 bridgehead atoms. The Kier molecular flexibility index (Phi) is 7.12. The van der Waals surface area contributed by atoms with E-state index in [1.165, 1.54) is 16.7 Å². The Hall–Kier alpha value is -2.22. The third kappa shape index (κ3) is 5.38. The van der Waals surface area contributed by atoms with Gasteiger partial charge in [-0.3, -0.25) is 14.4 Å². The molecule has 7 nitrogen and oxygen atoms in total. The van der Waals surface area contributed by atoms with E-state index in [-0.39, 0.29) is 36.9 Å². The first-order valence-electron chi connectivity index (χ1n) is 8.11. The lowest BCUT2D eigenvalue weighted by molar-refractivity contribution is -0.143. The van der Waals surface area contributed by atoms with E-state index in [4.69, 9.17) is 9.47 Å². The maximum Gasteiger partial charge on any atom is 0.325 e. The fourth-order valence-corrected chi connectivity index (χ4v) is 3.58. The van der Waals surface area contributed by atoms with Crippen LogP contribution in [-0.4, -0.2) is 54.7 Å². The summed E-state index contributed by atoms with van der Waals surface area (Å²) in [6, 6.07) is 7.48. The van der Waals surface area contributed by atoms with Crippen molar-refractivity contribution in [3.8, 4) is 5.75 Å². The molecule has 0 radical (unpaired) electrons. The summed E-state index contributed by atoms with van der Waals surface area (Å²) in [4.78, 5) is 36.9. The first-order chi connectivity index (χ1) is 12.0. The first kappa shape index (κ1) is 19.1. The third-order valence-electron chi connectivity index (χ3n) is 3.49. The van der Waals surface area contributed by atoms with Gasteiger partial charge in [-0.05, 0) is 31.5 Å². The number of esters is 1. The van der Waals surface area contributed by atoms with Gasteiger partial charge in [0.2, 0.25) is 11.8 Å². The average Bonchev–Trinajstić information content (AvgIpc) is 2.95. The Labute approximate surface area is 151 Å². The van der Waals surface area contributed by atoms with Crippen LogP contribution >= 0.6 is 11.8 Å². The van der Waals surface area contributed by atoms with Crippen molar-refractivity contribution >= 4 is 29.5 Å². The zero-order valence-electron chi connectivity index (χ0n) is 14.3. The predicted molar refractivity (Wildman–Crippen MR) is 94.2 cm³/mol. The fraction of sp³-hybridized carbons (Fsp3) is 0.471. The zero-order valence-corrected chi connectivity index (χ0v) is 15.1. The predicted octanol–water partition coefficient (Wildman–Crippen LogP) is 1.34. The van der Waals surface area contributed by atoms with Crippen LogP contribution in [0.4, 0.5) is 0 Å². The number of nitrogens with one attached hydrogen (secondary N) is 1. The molecule has 1 heterocycles. The molecule has 0 aromatic heterocycles. The molecule has 8 heteroatoms. The largest absolute Gasteiger partial charge is 0.494 e. The highest BCUT2D eigenvalue weighted by Crippen LogP contribution is 2.38. The van der Waals surface area contributed by atoms with Crippen LogP contribution in [0.1, 0.15) is 24.8 Å². The second kappa shape index (κ2) is 9.31. The number of ether oxygens (including phenoxy) is 2. The lowest BCUT2D eigenvalue weighted by Crippen LogP contribution is -2.41. The molecular weight excluding hydrogens is 344 g/mol. The van der Waals surface area contributed by atoms with E-state index >= 15 is 0 Å². The summed E-state index contributed by atoms with van der Waals surface area (Å²) < 4.78 is 10.2. The number of benzene rings is 1. The molecule has 1 aliphatic heterocycles. The monoisotopic (exact) mass is 366 g/mol. The van der Waals surface area contributed by atoms with Crippen molar-refractivity contribution in [2.75, 3.05) is 32.1 Å². The topological polar surface area (TPSA) is 84.9 Å². The molecule has 1 saturated heterocycles. The van der Waals surface area contributed by atoms with Crippen LogP contribution in [0, 0.1) is 0 Å². The van der Waals surface area contributed by atoms with Crippen LogP contribution in [0.3, 0.4) is 0 Å². The van der Waals surface area contributed by atoms with Crippen LogP contribution < -0.4 is 10.1 Å². The van der Waals surface area contributed by atoms with E-state index in [9.17, 15) is 14.4 Å². The average molecular weight is 366 g/mol. The molecule has 1 atom stereocenters. The van der Waals surface area contributed by atoms with Crippen molar-refractivity contribution < 1.29 is 23.9 Å². The van der Waals surface area contributed by atoms with Gasteiger partial charge in [0, 0.05) is 0 Å². The molecule has 1 aromatic rings. The molecule has 1 aromatic carbocycles. The van der Waals surface area contributed by atoms with Crippen LogP contribution in [0.5, 0.6) is 5.75 Å². The van der Waals surface area contributed by atoms with Gasteiger partial charge < -0.3 is 19.7 Å². The van der Waals surface area contributed by atoms with Gasteiger partial charge in [-0.1, -0.05) is 12.1 Å². The summed E-state index contributed by atoms with van der Waals surface area (Å²) >= 11 is 1.47. The van der Waals surface area contributed by atoms with E-state index in [1.807, 2.05) is 31.2 Å². The van der Waals surface area contributed by atoms with Crippen LogP contribution in [0.2, 0.25) is 0 Å². The van der Waals surface area contributed by atoms with E-state index in [0.29, 0.717) is 12.4 Å². The van der Waals surface area contributed by atoms with Crippen LogP contribution in [0.15, 0.2) is 24.3 Å². The summed E-state index contributed by atoms with van der Waals surface area (Å²) in [5, 5.41) is 2.25. The highest BCUT2D eigenvalue weighted by atomic mass is 32.2. The van der Waals surface area contributed by atoms with E-state index in [1.54, 1.807) is 6.92 Å². The van der Waals surface area contributed by atoms with E-state index in [0.717, 1.165) is 11.3 Å². The number of amides is 2. The maximum atomic E-state index is 12.1. The Morgan fingerprint density at radius 3 is 2.60 bits per heavy atom. The molecule has 0 spiro atoms. The molecule has 136 valence electrons. The first-order valence-corrected chi connectivity index (χ1v) is 9.16. The van der Waals surface area contributed by atoms with Gasteiger partial charge in [0.1, 0.15) is 24.2 Å². The Morgan fingerprint density at radius 1 is 1.24 bits per heavy atom. The standard InChI is InChI=1S/C17H22N2O5S/c1-3-23-13-7-5-12(6-8-13)17-19(15(21)11-25-17)10-14(20)18-9-16(22)24-4-2/h5-8,17H,3-4,9-11H2,1-2H3,(H,18,20). The molecule has 2 rings (SSSR count). The summed E-state index contributed by atoms with van der Waals surface area (Å²) in [6.45, 7) is 4.16. The van der Waals surface area contributed by atoms with Crippen molar-refractivity contribution in [2.45, 2.75) is 19.2 Å². The summed E-state index contributed by atoms with van der Waals surface area (Å²) in [7, 11) is 0. The molecule has 1 N–H and O–H groups in total. The molecule has 0 saturated carbocycles. The number of nitrogens with zero attached hydrogens (tertiary/aromatic N) is 1. The smallest absolute Gasteiger partial charge is 0.325 e. The number of thioether (sulfide) groups is 1. The van der Waals surface area contributed by atoms with Gasteiger partial charge in [0.05, 0.1) is 19.0 Å². The van der Waals surface area contributed by atoms with Crippen molar-refractivity contribution in [3.63, 3.8) is 0 Å². The minimum Gasteiger partial charge on any atom is -0.494 e. The highest BCUT2D eigenvalue weighted by Gasteiger charge is 2.34. The normalized spacial score (nSPS) is 16.6. The Bertz CT molecular complexity index is 620. The zero-order chi connectivity index (χ0) is 18.2. The van der Waals surface area contributed by atoms with Crippen molar-refractivity contribution in [1.82, 2.24) is 10.2 Å². The van der Waals surface area contributed by atoms with Gasteiger partial charge in [0.15, 0.2) is 0 Å². The quantitative estimate of drug-likeness (QED) is 0.699. The third-order valence-corrected chi connectivity index (χ3v) is 4.75. The van der Waals surface area contributed by atoms with Gasteiger partial charge in [0.25, 0.3) is 0 Å². The number of hydrogen-bond acceptors (Lipinski definition) is 6. The highest BCUT2D eigenvalue weighted by molar-refractivity contribution is 8.00. The molecule has 1 aliphatic rings. The van der Waals surface area contributed by atoms with Gasteiger partial charge in [-0.25, -0.2) is 0 Å². The lowest BCUT2D eigenvalue weighted by atomic mass is 10.2. The SMILES string of the molecule is CCOC(=O)CNC(=O)CN1C(=O)CSC1c1ccc(OCC)cc1. The second-order valence-electron chi connectivity index (χ2n) is 5.27. The van der Waals surface area contributed by atoms with Crippen LogP contribution in [-0.2, 0) is 19.1 Å². The molecule has 0 aliphatic carbocycles. The van der Waals surface area contributed by atoms with Gasteiger partial charge >= 0.3 is 5.97 Å². The molecule has 1 fully saturated rings. The number of carbonyl (C=O) groups is 3. The van der Waals surface area contributed by atoms with Crippen molar-refractivity contribution in [3.05, 3.63) is 29.8 Å². The molecule has 1 unspecified atom stereocenters. The summed E-state index contributed by atoms with van der Waals surface area (Å²) in [5.41, 5.74) is 0.928. The summed E-state index contributed by atoms with van der Waals surface area (Å²) in [5.74, 6) is 0.0959. The minimum atomic E-state index is -0.499. The second-order valence-corrected chi connectivity index (χ2v) is 6.34. The Balaban J connectivity index is 1.96. The number of rotatable bonds is 8. The van der Waals surface area contributed by atoms with Crippen molar-refractivity contribution in [2.24, 2.45) is 0 Å². The van der Waals surface area contributed by atoms with Gasteiger partial charge in [-0.2, -0.15) is 0 Å². The number of carbonyl (C=O) groups excluding carboxylic acids is 3. The summed E-state index contributed by atoms with van der Waals surface area (Å²) in [6.07, 6.45) is 0. The van der Waals surface area contributed by atoms with Crippen molar-refractivity contribution in [1.29, 1.82) is 0 Å². The molecule has 2 amide bonds. The van der Waals surface area contributed by atoms with E-state index in [2.05, 4.69) is 5.32 Å². The van der Waals surface area contributed by atoms with E-state index < -0.39 is 5.97 Å². The fourth-order valence-electron chi connectivity index (χ4n) is 2.39. The lowest BCUT2D eigenvalue weighted by Gasteiger charge is -2.23. The Morgan fingerprint density at radius 2 is 1.96 bits per heavy atom. The number of hydrogen-bond donors (Lipinski definition) is 1. The van der Waals surface area contributed by atoms with Gasteiger partial charge in [-0.15, -0.1) is 11.8 Å².